The lowest BCUT2D eigenvalue weighted by atomic mass is 9.82. The number of hydrogen-bond donors (Lipinski definition) is 1. The minimum atomic E-state index is -1.04. The van der Waals surface area contributed by atoms with Gasteiger partial charge in [0.15, 0.2) is 0 Å². The first kappa shape index (κ1) is 31.1. The van der Waals surface area contributed by atoms with E-state index in [-0.39, 0.29) is 28.2 Å². The largest absolute Gasteiger partial charge is 0.478 e. The van der Waals surface area contributed by atoms with Crippen LogP contribution in [0.1, 0.15) is 99.7 Å². The average Bonchev–Trinajstić information content (AvgIpc) is 3.58. The van der Waals surface area contributed by atoms with E-state index < -0.39 is 5.97 Å². The first-order valence-electron chi connectivity index (χ1n) is 15.0. The fourth-order valence-electron chi connectivity index (χ4n) is 5.59. The smallest absolute Gasteiger partial charge is 0.348 e. The first-order chi connectivity index (χ1) is 19.5. The Bertz CT molecular complexity index is 1260. The van der Waals surface area contributed by atoms with Crippen LogP contribution in [0.4, 0.5) is 5.69 Å². The molecule has 8 heteroatoms. The van der Waals surface area contributed by atoms with Gasteiger partial charge in [-0.2, -0.15) is 0 Å². The van der Waals surface area contributed by atoms with E-state index in [2.05, 4.69) is 28.6 Å². The molecular formula is C33H45N3O4S. The van der Waals surface area contributed by atoms with Gasteiger partial charge in [0.2, 0.25) is 11.8 Å². The molecule has 1 N–H and O–H groups in total. The van der Waals surface area contributed by atoms with Crippen molar-refractivity contribution < 1.29 is 19.4 Å². The summed E-state index contributed by atoms with van der Waals surface area (Å²) in [5.74, 6) is 6.40. The Hall–Kier alpha value is -2.89. The van der Waals surface area contributed by atoms with Crippen molar-refractivity contribution >= 4 is 28.9 Å². The number of rotatable bonds is 10. The maximum absolute atomic E-state index is 14.0. The van der Waals surface area contributed by atoms with Crippen LogP contribution in [0.25, 0.3) is 0 Å². The molecule has 7 nitrogen and oxygen atoms in total. The molecule has 0 radical (unpaired) electrons. The molecule has 0 bridgehead atoms. The molecule has 1 aliphatic carbocycles. The van der Waals surface area contributed by atoms with Gasteiger partial charge in [-0.1, -0.05) is 18.8 Å². The van der Waals surface area contributed by atoms with Crippen LogP contribution in [-0.4, -0.2) is 52.6 Å². The van der Waals surface area contributed by atoms with E-state index in [4.69, 9.17) is 4.74 Å². The van der Waals surface area contributed by atoms with Gasteiger partial charge in [0, 0.05) is 42.6 Å². The van der Waals surface area contributed by atoms with Gasteiger partial charge < -0.3 is 14.7 Å². The second kappa shape index (κ2) is 13.8. The highest BCUT2D eigenvalue weighted by molar-refractivity contribution is 7.15. The summed E-state index contributed by atoms with van der Waals surface area (Å²) in [4.78, 5) is 35.8. The van der Waals surface area contributed by atoms with Gasteiger partial charge in [0.1, 0.15) is 4.88 Å². The molecule has 1 saturated carbocycles. The van der Waals surface area contributed by atoms with Crippen molar-refractivity contribution in [3.05, 3.63) is 39.7 Å². The van der Waals surface area contributed by atoms with Crippen LogP contribution in [-0.2, 0) is 11.3 Å². The Morgan fingerprint density at radius 3 is 2.56 bits per heavy atom. The standard InChI is InChI=1S/C33H45N3O4S/c1-23-8-10-26(11-9-23)31(37)36(28-21-27(12-15-33(3,4)5)41-30(28)32(38)39)24(2)14-19-40-29-20-25(13-16-34-29)22-35-17-6-7-18-35/h13,16,20-21,23-24,26H,6-11,14,17-19,22H2,1-5H3,(H,38,39)/t23?,24-,26?/m0/s1. The van der Waals surface area contributed by atoms with Crippen molar-refractivity contribution in [2.75, 3.05) is 24.6 Å². The lowest BCUT2D eigenvalue weighted by Crippen LogP contribution is -2.44. The Kier molecular flexibility index (Phi) is 10.5. The van der Waals surface area contributed by atoms with Crippen LogP contribution in [0.3, 0.4) is 0 Å². The predicted molar refractivity (Wildman–Crippen MR) is 165 cm³/mol. The molecule has 0 aromatic carbocycles. The lowest BCUT2D eigenvalue weighted by molar-refractivity contribution is -0.124. The van der Waals surface area contributed by atoms with E-state index in [0.29, 0.717) is 35.4 Å². The number of carboxylic acids is 1. The molecule has 41 heavy (non-hydrogen) atoms. The molecule has 4 rings (SSSR count). The summed E-state index contributed by atoms with van der Waals surface area (Å²) < 4.78 is 6.06. The van der Waals surface area contributed by atoms with Crippen molar-refractivity contribution in [3.63, 3.8) is 0 Å². The van der Waals surface area contributed by atoms with E-state index >= 15 is 0 Å². The van der Waals surface area contributed by atoms with Gasteiger partial charge in [-0.15, -0.1) is 11.3 Å². The van der Waals surface area contributed by atoms with Crippen LogP contribution in [0.2, 0.25) is 0 Å². The summed E-state index contributed by atoms with van der Waals surface area (Å²) >= 11 is 1.14. The molecule has 2 aromatic heterocycles. The Morgan fingerprint density at radius 1 is 1.20 bits per heavy atom. The SMILES string of the molecule is CC1CCC(C(=O)N(c2cc(C#CC(C)(C)C)sc2C(=O)O)[C@@H](C)CCOc2cc(CN3CCCC3)ccn2)CC1. The van der Waals surface area contributed by atoms with Crippen LogP contribution in [0.15, 0.2) is 24.4 Å². The van der Waals surface area contributed by atoms with Crippen LogP contribution < -0.4 is 9.64 Å². The number of thiophene rings is 1. The molecule has 222 valence electrons. The van der Waals surface area contributed by atoms with Crippen LogP contribution in [0, 0.1) is 29.1 Å². The van der Waals surface area contributed by atoms with Gasteiger partial charge in [-0.3, -0.25) is 9.69 Å². The quantitative estimate of drug-likeness (QED) is 0.310. The number of carboxylic acid groups (broad SMARTS) is 1. The Balaban J connectivity index is 1.53. The van der Waals surface area contributed by atoms with Gasteiger partial charge in [-0.25, -0.2) is 9.78 Å². The molecule has 1 atom stereocenters. The summed E-state index contributed by atoms with van der Waals surface area (Å²) in [5.41, 5.74) is 1.41. The third-order valence-corrected chi connectivity index (χ3v) is 8.99. The first-order valence-corrected chi connectivity index (χ1v) is 15.9. The summed E-state index contributed by atoms with van der Waals surface area (Å²) in [7, 11) is 0. The van der Waals surface area contributed by atoms with Gasteiger partial charge >= 0.3 is 5.97 Å². The fraction of sp³-hybridized carbons (Fsp3) is 0.606. The Morgan fingerprint density at radius 2 is 1.90 bits per heavy atom. The maximum atomic E-state index is 14.0. The Labute approximate surface area is 249 Å². The number of pyridine rings is 1. The fourth-order valence-corrected chi connectivity index (χ4v) is 6.43. The van der Waals surface area contributed by atoms with E-state index in [1.165, 1.54) is 18.4 Å². The topological polar surface area (TPSA) is 83.0 Å². The second-order valence-electron chi connectivity index (χ2n) is 12.8. The summed E-state index contributed by atoms with van der Waals surface area (Å²) in [6, 6.07) is 5.56. The number of anilines is 1. The summed E-state index contributed by atoms with van der Waals surface area (Å²) in [6.07, 6.45) is 8.52. The van der Waals surface area contributed by atoms with Crippen molar-refractivity contribution in [1.29, 1.82) is 0 Å². The predicted octanol–water partition coefficient (Wildman–Crippen LogP) is 6.85. The number of aromatic nitrogens is 1. The molecule has 2 fully saturated rings. The third-order valence-electron chi connectivity index (χ3n) is 7.96. The van der Waals surface area contributed by atoms with E-state index in [9.17, 15) is 14.7 Å². The minimum Gasteiger partial charge on any atom is -0.478 e. The number of amides is 1. The second-order valence-corrected chi connectivity index (χ2v) is 13.8. The molecule has 3 heterocycles. The molecule has 2 aromatic rings. The third kappa shape index (κ3) is 8.80. The molecule has 0 spiro atoms. The van der Waals surface area contributed by atoms with Crippen LogP contribution >= 0.6 is 11.3 Å². The summed E-state index contributed by atoms with van der Waals surface area (Å²) in [5, 5.41) is 10.1. The zero-order valence-electron chi connectivity index (χ0n) is 25.2. The number of carbonyl (C=O) groups excluding carboxylic acids is 1. The molecular weight excluding hydrogens is 534 g/mol. The lowest BCUT2D eigenvalue weighted by Gasteiger charge is -2.34. The molecule has 1 amide bonds. The zero-order valence-corrected chi connectivity index (χ0v) is 26.1. The zero-order chi connectivity index (χ0) is 29.6. The molecule has 1 aliphatic heterocycles. The number of nitrogens with zero attached hydrogens (tertiary/aromatic N) is 3. The van der Waals surface area contributed by atoms with Gasteiger partial charge in [0.05, 0.1) is 17.2 Å². The highest BCUT2D eigenvalue weighted by Crippen LogP contribution is 2.36. The van der Waals surface area contributed by atoms with Crippen molar-refractivity contribution in [3.8, 4) is 17.7 Å². The number of ether oxygens (including phenoxy) is 1. The number of aromatic carboxylic acids is 1. The number of hydrogen-bond acceptors (Lipinski definition) is 6. The summed E-state index contributed by atoms with van der Waals surface area (Å²) in [6.45, 7) is 13.8. The number of likely N-dealkylation sites (tertiary alicyclic amines) is 1. The van der Waals surface area contributed by atoms with Crippen LogP contribution in [0.5, 0.6) is 5.88 Å². The average molecular weight is 580 g/mol. The molecule has 2 aliphatic rings. The minimum absolute atomic E-state index is 0.00534. The van der Waals surface area contributed by atoms with Gasteiger partial charge in [-0.05, 0) is 103 Å². The van der Waals surface area contributed by atoms with Crippen molar-refractivity contribution in [1.82, 2.24) is 9.88 Å². The molecule has 1 saturated heterocycles. The van der Waals surface area contributed by atoms with E-state index in [0.717, 1.165) is 56.7 Å². The number of carbonyl (C=O) groups is 2. The van der Waals surface area contributed by atoms with Crippen molar-refractivity contribution in [2.45, 2.75) is 92.2 Å². The van der Waals surface area contributed by atoms with Gasteiger partial charge in [0.25, 0.3) is 0 Å². The maximum Gasteiger partial charge on any atom is 0.348 e. The highest BCUT2D eigenvalue weighted by atomic mass is 32.1. The normalized spacial score (nSPS) is 20.2. The van der Waals surface area contributed by atoms with E-state index in [1.54, 1.807) is 17.2 Å². The monoisotopic (exact) mass is 579 g/mol. The van der Waals surface area contributed by atoms with E-state index in [1.807, 2.05) is 39.8 Å². The van der Waals surface area contributed by atoms with Crippen molar-refractivity contribution in [2.24, 2.45) is 17.3 Å². The highest BCUT2D eigenvalue weighted by Gasteiger charge is 2.34. The molecule has 0 unspecified atom stereocenters.